The first-order valence-electron chi connectivity index (χ1n) is 8.79. The van der Waals surface area contributed by atoms with Crippen LogP contribution in [0.5, 0.6) is 0 Å². The van der Waals surface area contributed by atoms with Crippen LogP contribution in [0.25, 0.3) is 6.08 Å². The van der Waals surface area contributed by atoms with Crippen molar-refractivity contribution in [2.45, 2.75) is 31.1 Å². The van der Waals surface area contributed by atoms with E-state index in [0.29, 0.717) is 5.56 Å². The van der Waals surface area contributed by atoms with Gasteiger partial charge >= 0.3 is 0 Å². The maximum atomic E-state index is 12.7. The number of piperidine rings is 1. The molecule has 1 fully saturated rings. The summed E-state index contributed by atoms with van der Waals surface area (Å²) in [6, 6.07) is 16.1. The summed E-state index contributed by atoms with van der Waals surface area (Å²) in [4.78, 5) is 2.23. The van der Waals surface area contributed by atoms with E-state index in [1.54, 1.807) is 12.1 Å². The number of anilines is 1. The molecule has 0 bridgehead atoms. The number of allylic oxidation sites excluding steroid dienone is 1. The van der Waals surface area contributed by atoms with Gasteiger partial charge in [-0.3, -0.25) is 0 Å². The van der Waals surface area contributed by atoms with Gasteiger partial charge in [0.2, 0.25) is 9.84 Å². The second kappa shape index (κ2) is 7.76. The fourth-order valence-electron chi connectivity index (χ4n) is 3.10. The Hall–Kier alpha value is -2.58. The van der Waals surface area contributed by atoms with Gasteiger partial charge in [0.1, 0.15) is 11.0 Å². The Morgan fingerprint density at radius 3 is 2.19 bits per heavy atom. The molecule has 5 heteroatoms. The number of hydrogen-bond donors (Lipinski definition) is 0. The highest BCUT2D eigenvalue weighted by Crippen LogP contribution is 2.24. The zero-order valence-corrected chi connectivity index (χ0v) is 15.7. The Balaban J connectivity index is 1.86. The zero-order valence-electron chi connectivity index (χ0n) is 14.9. The van der Waals surface area contributed by atoms with Crippen LogP contribution >= 0.6 is 0 Å². The lowest BCUT2D eigenvalue weighted by atomic mass is 10.1. The lowest BCUT2D eigenvalue weighted by Gasteiger charge is -2.28. The molecule has 0 radical (unpaired) electrons. The molecule has 0 spiro atoms. The van der Waals surface area contributed by atoms with Crippen LogP contribution in [0.1, 0.15) is 30.4 Å². The topological polar surface area (TPSA) is 61.2 Å². The van der Waals surface area contributed by atoms with E-state index < -0.39 is 9.84 Å². The Morgan fingerprint density at radius 1 is 1.00 bits per heavy atom. The number of rotatable bonds is 4. The summed E-state index contributed by atoms with van der Waals surface area (Å²) in [6.07, 6.45) is 5.12. The van der Waals surface area contributed by atoms with E-state index in [4.69, 9.17) is 0 Å². The van der Waals surface area contributed by atoms with Gasteiger partial charge in [-0.1, -0.05) is 29.8 Å². The minimum Gasteiger partial charge on any atom is -0.372 e. The Morgan fingerprint density at radius 2 is 1.62 bits per heavy atom. The van der Waals surface area contributed by atoms with Crippen molar-refractivity contribution in [2.24, 2.45) is 0 Å². The maximum Gasteiger partial charge on any atom is 0.216 e. The monoisotopic (exact) mass is 366 g/mol. The highest BCUT2D eigenvalue weighted by atomic mass is 32.2. The molecular formula is C21H22N2O2S. The molecule has 0 saturated carbocycles. The lowest BCUT2D eigenvalue weighted by molar-refractivity contribution is 0.578. The van der Waals surface area contributed by atoms with Gasteiger partial charge in [0, 0.05) is 18.8 Å². The molecular weight excluding hydrogens is 344 g/mol. The van der Waals surface area contributed by atoms with Gasteiger partial charge in [0.15, 0.2) is 0 Å². The minimum atomic E-state index is -3.81. The van der Waals surface area contributed by atoms with Crippen LogP contribution < -0.4 is 4.90 Å². The van der Waals surface area contributed by atoms with Gasteiger partial charge in [0.25, 0.3) is 0 Å². The van der Waals surface area contributed by atoms with E-state index in [-0.39, 0.29) is 9.80 Å². The second-order valence-corrected chi connectivity index (χ2v) is 8.49. The number of nitriles is 1. The fourth-order valence-corrected chi connectivity index (χ4v) is 4.26. The van der Waals surface area contributed by atoms with E-state index in [0.717, 1.165) is 24.3 Å². The van der Waals surface area contributed by atoms with Crippen LogP contribution in [0.3, 0.4) is 0 Å². The average molecular weight is 366 g/mol. The molecule has 0 atom stereocenters. The van der Waals surface area contributed by atoms with Crippen molar-refractivity contribution in [3.63, 3.8) is 0 Å². The van der Waals surface area contributed by atoms with Gasteiger partial charge < -0.3 is 4.90 Å². The first-order chi connectivity index (χ1) is 12.5. The normalized spacial score (nSPS) is 15.5. The number of nitrogens with zero attached hydrogens (tertiary/aromatic N) is 2. The molecule has 26 heavy (non-hydrogen) atoms. The third-order valence-electron chi connectivity index (χ3n) is 4.64. The molecule has 0 amide bonds. The van der Waals surface area contributed by atoms with E-state index in [1.807, 2.05) is 37.3 Å². The summed E-state index contributed by atoms with van der Waals surface area (Å²) in [5.74, 6) is 0. The van der Waals surface area contributed by atoms with Crippen molar-refractivity contribution in [3.8, 4) is 6.07 Å². The summed E-state index contributed by atoms with van der Waals surface area (Å²) in [5, 5.41) is 9.39. The highest BCUT2D eigenvalue weighted by Gasteiger charge is 2.20. The molecule has 0 aliphatic carbocycles. The summed E-state index contributed by atoms with van der Waals surface area (Å²) in [7, 11) is -3.81. The standard InChI is InChI=1S/C21H22N2O2S/c1-17-5-11-20(12-6-17)26(24,25)21(16-22)15-18-7-9-19(10-8-18)23-13-3-2-4-14-23/h5-12,15H,2-4,13-14H2,1H3. The van der Waals surface area contributed by atoms with E-state index in [2.05, 4.69) is 4.90 Å². The smallest absolute Gasteiger partial charge is 0.216 e. The Labute approximate surface area is 155 Å². The minimum absolute atomic E-state index is 0.140. The molecule has 2 aromatic carbocycles. The van der Waals surface area contributed by atoms with Crippen LogP contribution in [0, 0.1) is 18.3 Å². The number of sulfone groups is 1. The molecule has 1 aliphatic heterocycles. The second-order valence-electron chi connectivity index (χ2n) is 6.58. The molecule has 2 aromatic rings. The van der Waals surface area contributed by atoms with E-state index in [1.165, 1.54) is 37.5 Å². The molecule has 1 saturated heterocycles. The van der Waals surface area contributed by atoms with Crippen LogP contribution in [0.4, 0.5) is 5.69 Å². The largest absolute Gasteiger partial charge is 0.372 e. The van der Waals surface area contributed by atoms with Gasteiger partial charge in [-0.15, -0.1) is 0 Å². The molecule has 0 N–H and O–H groups in total. The van der Waals surface area contributed by atoms with Crippen molar-refractivity contribution < 1.29 is 8.42 Å². The Kier molecular flexibility index (Phi) is 5.43. The zero-order chi connectivity index (χ0) is 18.6. The summed E-state index contributed by atoms with van der Waals surface area (Å²) in [6.45, 7) is 4.00. The van der Waals surface area contributed by atoms with Crippen molar-refractivity contribution in [3.05, 3.63) is 64.6 Å². The summed E-state index contributed by atoms with van der Waals surface area (Å²) < 4.78 is 25.4. The van der Waals surface area contributed by atoms with Crippen LogP contribution in [-0.2, 0) is 9.84 Å². The van der Waals surface area contributed by atoms with Crippen molar-refractivity contribution in [1.82, 2.24) is 0 Å². The van der Waals surface area contributed by atoms with Crippen molar-refractivity contribution >= 4 is 21.6 Å². The first-order valence-corrected chi connectivity index (χ1v) is 10.3. The maximum absolute atomic E-state index is 12.7. The number of aryl methyl sites for hydroxylation is 1. The van der Waals surface area contributed by atoms with Gasteiger partial charge in [-0.2, -0.15) is 5.26 Å². The van der Waals surface area contributed by atoms with Crippen LogP contribution in [-0.4, -0.2) is 21.5 Å². The van der Waals surface area contributed by atoms with Crippen LogP contribution in [0.15, 0.2) is 58.3 Å². The van der Waals surface area contributed by atoms with Gasteiger partial charge in [0.05, 0.1) is 4.90 Å². The number of hydrogen-bond acceptors (Lipinski definition) is 4. The summed E-state index contributed by atoms with van der Waals surface area (Å²) >= 11 is 0. The van der Waals surface area contributed by atoms with Crippen LogP contribution in [0.2, 0.25) is 0 Å². The predicted molar refractivity (Wildman–Crippen MR) is 104 cm³/mol. The van der Waals surface area contributed by atoms with E-state index in [9.17, 15) is 13.7 Å². The van der Waals surface area contributed by atoms with Crippen molar-refractivity contribution in [1.29, 1.82) is 5.26 Å². The lowest BCUT2D eigenvalue weighted by Crippen LogP contribution is -2.29. The fraction of sp³-hybridized carbons (Fsp3) is 0.286. The third kappa shape index (κ3) is 3.97. The van der Waals surface area contributed by atoms with Crippen molar-refractivity contribution in [2.75, 3.05) is 18.0 Å². The third-order valence-corrected chi connectivity index (χ3v) is 6.32. The molecule has 0 aromatic heterocycles. The molecule has 134 valence electrons. The molecule has 1 heterocycles. The Bertz CT molecular complexity index is 931. The first kappa shape index (κ1) is 18.2. The SMILES string of the molecule is Cc1ccc(S(=O)(=O)C(C#N)=Cc2ccc(N3CCCCC3)cc2)cc1. The number of benzene rings is 2. The quantitative estimate of drug-likeness (QED) is 0.756. The molecule has 0 unspecified atom stereocenters. The summed E-state index contributed by atoms with van der Waals surface area (Å²) in [5.41, 5.74) is 2.82. The molecule has 1 aliphatic rings. The average Bonchev–Trinajstić information content (AvgIpc) is 2.67. The van der Waals surface area contributed by atoms with Gasteiger partial charge in [-0.25, -0.2) is 8.42 Å². The highest BCUT2D eigenvalue weighted by molar-refractivity contribution is 7.95. The molecule has 4 nitrogen and oxygen atoms in total. The molecule has 3 rings (SSSR count). The van der Waals surface area contributed by atoms with E-state index >= 15 is 0 Å². The predicted octanol–water partition coefficient (Wildman–Crippen LogP) is 4.32. The van der Waals surface area contributed by atoms with Gasteiger partial charge in [-0.05, 0) is 62.1 Å².